The largest absolute Gasteiger partial charge is 0.356 e. The molecule has 1 aromatic carbocycles. The number of hydrogen-bond acceptors (Lipinski definition) is 2. The minimum absolute atomic E-state index is 0.748. The van der Waals surface area contributed by atoms with Crippen molar-refractivity contribution in [2.24, 2.45) is 10.9 Å². The molecule has 126 valence electrons. The molecule has 0 aliphatic carbocycles. The standard InChI is InChI=1S/C19H30N4/c1-3-22-11-6-7-16(14-22)13-21-19(20-2)23-12-10-17-8-4-5-9-18(17)15-23/h4-5,8-9,16H,3,6-7,10-15H2,1-2H3,(H,20,21). The van der Waals surface area contributed by atoms with E-state index in [1.54, 1.807) is 0 Å². The van der Waals surface area contributed by atoms with Crippen molar-refractivity contribution in [1.29, 1.82) is 0 Å². The molecule has 1 unspecified atom stereocenters. The number of likely N-dealkylation sites (tertiary alicyclic amines) is 1. The molecule has 2 aliphatic rings. The van der Waals surface area contributed by atoms with Gasteiger partial charge in [0.05, 0.1) is 0 Å². The number of fused-ring (bicyclic) bond motifs is 1. The summed E-state index contributed by atoms with van der Waals surface area (Å²) in [5.74, 6) is 1.81. The zero-order valence-corrected chi connectivity index (χ0v) is 14.6. The quantitative estimate of drug-likeness (QED) is 0.686. The predicted octanol–water partition coefficient (Wildman–Crippen LogP) is 2.35. The Kier molecular flexibility index (Phi) is 5.55. The first-order valence-corrected chi connectivity index (χ1v) is 9.05. The van der Waals surface area contributed by atoms with Gasteiger partial charge in [-0.15, -0.1) is 0 Å². The Hall–Kier alpha value is -1.55. The lowest BCUT2D eigenvalue weighted by Crippen LogP contribution is -2.47. The van der Waals surface area contributed by atoms with Crippen molar-refractivity contribution in [2.75, 3.05) is 39.8 Å². The van der Waals surface area contributed by atoms with Gasteiger partial charge in [-0.05, 0) is 49.4 Å². The molecular formula is C19H30N4. The third-order valence-corrected chi connectivity index (χ3v) is 5.24. The number of nitrogens with zero attached hydrogens (tertiary/aromatic N) is 3. The maximum atomic E-state index is 4.53. The Balaban J connectivity index is 1.55. The lowest BCUT2D eigenvalue weighted by Gasteiger charge is -2.35. The van der Waals surface area contributed by atoms with E-state index in [0.717, 1.165) is 37.9 Å². The minimum atomic E-state index is 0.748. The predicted molar refractivity (Wildman–Crippen MR) is 96.8 cm³/mol. The third-order valence-electron chi connectivity index (χ3n) is 5.24. The molecule has 0 radical (unpaired) electrons. The first-order chi connectivity index (χ1) is 11.3. The maximum Gasteiger partial charge on any atom is 0.193 e. The first-order valence-electron chi connectivity index (χ1n) is 9.05. The van der Waals surface area contributed by atoms with Gasteiger partial charge in [0.2, 0.25) is 0 Å². The number of rotatable bonds is 3. The van der Waals surface area contributed by atoms with Gasteiger partial charge < -0.3 is 15.1 Å². The van der Waals surface area contributed by atoms with E-state index in [2.05, 4.69) is 51.3 Å². The number of guanidine groups is 1. The molecule has 0 amide bonds. The summed E-state index contributed by atoms with van der Waals surface area (Å²) in [7, 11) is 1.90. The highest BCUT2D eigenvalue weighted by molar-refractivity contribution is 5.80. The van der Waals surface area contributed by atoms with E-state index in [9.17, 15) is 0 Å². The average Bonchev–Trinajstić information content (AvgIpc) is 2.62. The summed E-state index contributed by atoms with van der Waals surface area (Å²) >= 11 is 0. The summed E-state index contributed by atoms with van der Waals surface area (Å²) in [6.45, 7) is 9.01. The second kappa shape index (κ2) is 7.82. The van der Waals surface area contributed by atoms with Crippen molar-refractivity contribution in [1.82, 2.24) is 15.1 Å². The van der Waals surface area contributed by atoms with Crippen LogP contribution in [-0.4, -0.2) is 55.5 Å². The second-order valence-electron chi connectivity index (χ2n) is 6.77. The lowest BCUT2D eigenvalue weighted by molar-refractivity contribution is 0.182. The van der Waals surface area contributed by atoms with E-state index < -0.39 is 0 Å². The summed E-state index contributed by atoms with van der Waals surface area (Å²) in [6.07, 6.45) is 3.78. The molecule has 4 nitrogen and oxygen atoms in total. The van der Waals surface area contributed by atoms with Gasteiger partial charge in [-0.25, -0.2) is 0 Å². The molecule has 0 bridgehead atoms. The summed E-state index contributed by atoms with van der Waals surface area (Å²) in [6, 6.07) is 8.78. The first kappa shape index (κ1) is 16.3. The Morgan fingerprint density at radius 1 is 1.26 bits per heavy atom. The Morgan fingerprint density at radius 3 is 2.87 bits per heavy atom. The van der Waals surface area contributed by atoms with Crippen LogP contribution < -0.4 is 5.32 Å². The Labute approximate surface area is 140 Å². The van der Waals surface area contributed by atoms with Crippen LogP contribution in [0.3, 0.4) is 0 Å². The molecule has 1 fully saturated rings. The summed E-state index contributed by atoms with van der Waals surface area (Å²) in [5, 5.41) is 3.63. The Bertz CT molecular complexity index is 540. The lowest BCUT2D eigenvalue weighted by atomic mass is 9.98. The average molecular weight is 314 g/mol. The molecule has 1 N–H and O–H groups in total. The van der Waals surface area contributed by atoms with Crippen LogP contribution in [0, 0.1) is 5.92 Å². The third kappa shape index (κ3) is 4.05. The number of benzene rings is 1. The van der Waals surface area contributed by atoms with Gasteiger partial charge in [-0.2, -0.15) is 0 Å². The van der Waals surface area contributed by atoms with E-state index >= 15 is 0 Å². The normalized spacial score (nSPS) is 22.8. The second-order valence-corrected chi connectivity index (χ2v) is 6.77. The van der Waals surface area contributed by atoms with Crippen LogP contribution in [-0.2, 0) is 13.0 Å². The van der Waals surface area contributed by atoms with Gasteiger partial charge in [0, 0.05) is 33.2 Å². The molecule has 0 saturated carbocycles. The van der Waals surface area contributed by atoms with Crippen molar-refractivity contribution < 1.29 is 0 Å². The van der Waals surface area contributed by atoms with Crippen molar-refractivity contribution in [3.05, 3.63) is 35.4 Å². The molecule has 0 spiro atoms. The molecular weight excluding hydrogens is 284 g/mol. The van der Waals surface area contributed by atoms with Crippen LogP contribution in [0.1, 0.15) is 30.9 Å². The fourth-order valence-corrected chi connectivity index (χ4v) is 3.85. The Morgan fingerprint density at radius 2 is 2.09 bits per heavy atom. The van der Waals surface area contributed by atoms with Crippen LogP contribution in [0.15, 0.2) is 29.3 Å². The zero-order chi connectivity index (χ0) is 16.1. The zero-order valence-electron chi connectivity index (χ0n) is 14.6. The highest BCUT2D eigenvalue weighted by Crippen LogP contribution is 2.19. The molecule has 4 heteroatoms. The monoisotopic (exact) mass is 314 g/mol. The number of nitrogens with one attached hydrogen (secondary N) is 1. The molecule has 2 heterocycles. The SMILES string of the molecule is CCN1CCCC(CNC(=NC)N2CCc3ccccc3C2)C1. The van der Waals surface area contributed by atoms with Gasteiger partial charge in [-0.1, -0.05) is 31.2 Å². The smallest absolute Gasteiger partial charge is 0.193 e. The topological polar surface area (TPSA) is 30.9 Å². The molecule has 0 aromatic heterocycles. The van der Waals surface area contributed by atoms with Crippen molar-refractivity contribution in [2.45, 2.75) is 32.7 Å². The summed E-state index contributed by atoms with van der Waals surface area (Å²) in [4.78, 5) is 9.48. The minimum Gasteiger partial charge on any atom is -0.356 e. The fraction of sp³-hybridized carbons (Fsp3) is 0.632. The highest BCUT2D eigenvalue weighted by atomic mass is 15.3. The molecule has 1 aromatic rings. The van der Waals surface area contributed by atoms with Crippen LogP contribution in [0.5, 0.6) is 0 Å². The van der Waals surface area contributed by atoms with E-state index in [-0.39, 0.29) is 0 Å². The molecule has 1 atom stereocenters. The van der Waals surface area contributed by atoms with Crippen molar-refractivity contribution in [3.8, 4) is 0 Å². The van der Waals surface area contributed by atoms with Crippen LogP contribution in [0.25, 0.3) is 0 Å². The number of hydrogen-bond donors (Lipinski definition) is 1. The van der Waals surface area contributed by atoms with Gasteiger partial charge >= 0.3 is 0 Å². The van der Waals surface area contributed by atoms with Crippen molar-refractivity contribution in [3.63, 3.8) is 0 Å². The number of piperidine rings is 1. The van der Waals surface area contributed by atoms with Crippen molar-refractivity contribution >= 4 is 5.96 Å². The van der Waals surface area contributed by atoms with Gasteiger partial charge in [0.25, 0.3) is 0 Å². The van der Waals surface area contributed by atoms with Gasteiger partial charge in [0.1, 0.15) is 0 Å². The highest BCUT2D eigenvalue weighted by Gasteiger charge is 2.22. The van der Waals surface area contributed by atoms with Gasteiger partial charge in [-0.3, -0.25) is 4.99 Å². The van der Waals surface area contributed by atoms with Crippen LogP contribution in [0.4, 0.5) is 0 Å². The fourth-order valence-electron chi connectivity index (χ4n) is 3.85. The van der Waals surface area contributed by atoms with Gasteiger partial charge in [0.15, 0.2) is 5.96 Å². The molecule has 23 heavy (non-hydrogen) atoms. The van der Waals surface area contributed by atoms with E-state index in [4.69, 9.17) is 0 Å². The van der Waals surface area contributed by atoms with Crippen LogP contribution in [0.2, 0.25) is 0 Å². The number of aliphatic imine (C=N–C) groups is 1. The molecule has 2 aliphatic heterocycles. The van der Waals surface area contributed by atoms with E-state index in [1.807, 2.05) is 7.05 Å². The maximum absolute atomic E-state index is 4.53. The molecule has 1 saturated heterocycles. The van der Waals surface area contributed by atoms with E-state index in [0.29, 0.717) is 0 Å². The summed E-state index contributed by atoms with van der Waals surface area (Å²) in [5.41, 5.74) is 2.93. The van der Waals surface area contributed by atoms with E-state index in [1.165, 1.54) is 43.6 Å². The summed E-state index contributed by atoms with van der Waals surface area (Å²) < 4.78 is 0. The molecule has 3 rings (SSSR count). The van der Waals surface area contributed by atoms with Crippen LogP contribution >= 0.6 is 0 Å².